The minimum atomic E-state index is -0.0615. The molecule has 0 saturated carbocycles. The molecule has 2 aromatic rings. The molecule has 90 valence electrons. The molecule has 1 aliphatic rings. The van der Waals surface area contributed by atoms with Crippen LogP contribution in [0.5, 0.6) is 0 Å². The minimum Gasteiger partial charge on any atom is -0.353 e. The molecule has 0 aromatic carbocycles. The van der Waals surface area contributed by atoms with Gasteiger partial charge in [0.25, 0.3) is 0 Å². The van der Waals surface area contributed by atoms with Crippen molar-refractivity contribution < 1.29 is 0 Å². The number of hydrogen-bond donors (Lipinski definition) is 1. The Kier molecular flexibility index (Phi) is 2.13. The Morgan fingerprint density at radius 3 is 2.82 bits per heavy atom. The predicted molar refractivity (Wildman–Crippen MR) is 67.0 cm³/mol. The third kappa shape index (κ3) is 1.58. The number of rotatable bonds is 2. The third-order valence-corrected chi connectivity index (χ3v) is 3.69. The van der Waals surface area contributed by atoms with Gasteiger partial charge in [-0.3, -0.25) is 0 Å². The largest absolute Gasteiger partial charge is 0.353 e. The lowest BCUT2D eigenvalue weighted by atomic mass is 9.80. The Morgan fingerprint density at radius 2 is 2.12 bits per heavy atom. The summed E-state index contributed by atoms with van der Waals surface area (Å²) < 4.78 is 1.77. The fourth-order valence-corrected chi connectivity index (χ4v) is 2.17. The smallest absolute Gasteiger partial charge is 0.157 e. The molecule has 2 N–H and O–H groups in total. The highest BCUT2D eigenvalue weighted by molar-refractivity contribution is 5.50. The molecule has 1 saturated heterocycles. The first-order valence-corrected chi connectivity index (χ1v) is 5.93. The summed E-state index contributed by atoms with van der Waals surface area (Å²) in [4.78, 5) is 6.77. The molecular weight excluding hydrogens is 214 g/mol. The molecular formula is C12H17N5. The van der Waals surface area contributed by atoms with E-state index in [2.05, 4.69) is 28.8 Å². The van der Waals surface area contributed by atoms with E-state index in [1.165, 1.54) is 0 Å². The van der Waals surface area contributed by atoms with Crippen LogP contribution < -0.4 is 10.6 Å². The second-order valence-electron chi connectivity index (χ2n) is 5.16. The second-order valence-corrected chi connectivity index (χ2v) is 5.16. The van der Waals surface area contributed by atoms with Gasteiger partial charge in [0.15, 0.2) is 5.65 Å². The molecule has 3 rings (SSSR count). The van der Waals surface area contributed by atoms with Crippen molar-refractivity contribution >= 4 is 11.5 Å². The monoisotopic (exact) mass is 231 g/mol. The highest BCUT2D eigenvalue weighted by Crippen LogP contribution is 2.29. The van der Waals surface area contributed by atoms with Crippen LogP contribution in [-0.2, 0) is 0 Å². The average Bonchev–Trinajstić information content (AvgIpc) is 2.71. The van der Waals surface area contributed by atoms with Gasteiger partial charge in [0, 0.05) is 25.4 Å². The molecule has 0 bridgehead atoms. The Labute approximate surface area is 100 Å². The first kappa shape index (κ1) is 10.5. The van der Waals surface area contributed by atoms with Crippen LogP contribution >= 0.6 is 0 Å². The molecule has 5 nitrogen and oxygen atoms in total. The predicted octanol–water partition coefficient (Wildman–Crippen LogP) is 0.903. The van der Waals surface area contributed by atoms with Crippen LogP contribution in [0, 0.1) is 5.92 Å². The van der Waals surface area contributed by atoms with E-state index >= 15 is 0 Å². The van der Waals surface area contributed by atoms with E-state index in [0.717, 1.165) is 24.6 Å². The van der Waals surface area contributed by atoms with E-state index in [1.807, 2.05) is 18.3 Å². The summed E-state index contributed by atoms with van der Waals surface area (Å²) in [6, 6.07) is 3.89. The van der Waals surface area contributed by atoms with E-state index < -0.39 is 0 Å². The van der Waals surface area contributed by atoms with Crippen molar-refractivity contribution in [2.75, 3.05) is 18.0 Å². The van der Waals surface area contributed by atoms with Crippen LogP contribution in [0.25, 0.3) is 5.65 Å². The van der Waals surface area contributed by atoms with Crippen molar-refractivity contribution in [1.29, 1.82) is 0 Å². The van der Waals surface area contributed by atoms with Crippen LogP contribution in [0.15, 0.2) is 24.5 Å². The average molecular weight is 231 g/mol. The van der Waals surface area contributed by atoms with Crippen molar-refractivity contribution in [3.63, 3.8) is 0 Å². The Hall–Kier alpha value is -1.62. The first-order valence-electron chi connectivity index (χ1n) is 5.93. The van der Waals surface area contributed by atoms with Crippen molar-refractivity contribution in [2.45, 2.75) is 19.4 Å². The van der Waals surface area contributed by atoms with E-state index in [1.54, 1.807) is 10.7 Å². The second kappa shape index (κ2) is 3.43. The molecule has 0 aliphatic carbocycles. The van der Waals surface area contributed by atoms with Crippen molar-refractivity contribution in [1.82, 2.24) is 14.6 Å². The highest BCUT2D eigenvalue weighted by Gasteiger charge is 2.42. The number of hydrogen-bond acceptors (Lipinski definition) is 4. The van der Waals surface area contributed by atoms with E-state index in [0.29, 0.717) is 5.92 Å². The normalized spacial score (nSPS) is 18.7. The Bertz CT molecular complexity index is 539. The molecule has 1 aliphatic heterocycles. The molecule has 17 heavy (non-hydrogen) atoms. The quantitative estimate of drug-likeness (QED) is 0.834. The summed E-state index contributed by atoms with van der Waals surface area (Å²) in [7, 11) is 0. The van der Waals surface area contributed by atoms with E-state index in [4.69, 9.17) is 5.73 Å². The lowest BCUT2D eigenvalue weighted by Crippen LogP contribution is -2.70. The van der Waals surface area contributed by atoms with Gasteiger partial charge in [0.2, 0.25) is 0 Å². The molecule has 0 radical (unpaired) electrons. The Balaban J connectivity index is 1.82. The van der Waals surface area contributed by atoms with Crippen molar-refractivity contribution in [3.05, 3.63) is 24.5 Å². The van der Waals surface area contributed by atoms with Crippen molar-refractivity contribution in [3.8, 4) is 0 Å². The summed E-state index contributed by atoms with van der Waals surface area (Å²) >= 11 is 0. The molecule has 3 heterocycles. The first-order chi connectivity index (χ1) is 8.08. The summed E-state index contributed by atoms with van der Waals surface area (Å²) in [6.45, 7) is 6.10. The zero-order chi connectivity index (χ0) is 12.0. The fourth-order valence-electron chi connectivity index (χ4n) is 2.17. The van der Waals surface area contributed by atoms with Gasteiger partial charge >= 0.3 is 0 Å². The maximum Gasteiger partial charge on any atom is 0.157 e. The van der Waals surface area contributed by atoms with Crippen LogP contribution in [0.1, 0.15) is 13.8 Å². The fraction of sp³-hybridized carbons (Fsp3) is 0.500. The van der Waals surface area contributed by atoms with Gasteiger partial charge in [0.1, 0.15) is 5.82 Å². The SMILES string of the molecule is CC(C)C1(N)CN(c2ccn3nccc3n2)C1. The molecule has 2 aromatic heterocycles. The van der Waals surface area contributed by atoms with Crippen LogP contribution in [0.2, 0.25) is 0 Å². The zero-order valence-corrected chi connectivity index (χ0v) is 10.2. The van der Waals surface area contributed by atoms with Gasteiger partial charge in [-0.05, 0) is 12.0 Å². The summed E-state index contributed by atoms with van der Waals surface area (Å²) in [5, 5.41) is 4.13. The molecule has 0 unspecified atom stereocenters. The number of aromatic nitrogens is 3. The lowest BCUT2D eigenvalue weighted by Gasteiger charge is -2.50. The van der Waals surface area contributed by atoms with Crippen LogP contribution in [-0.4, -0.2) is 33.2 Å². The highest BCUT2D eigenvalue weighted by atomic mass is 15.3. The van der Waals surface area contributed by atoms with Crippen LogP contribution in [0.3, 0.4) is 0 Å². The zero-order valence-electron chi connectivity index (χ0n) is 10.2. The standard InChI is InChI=1S/C12H17N5/c1-9(2)12(13)7-16(8-12)10-4-6-17-11(15-10)3-5-14-17/h3-6,9H,7-8,13H2,1-2H3. The maximum absolute atomic E-state index is 6.28. The lowest BCUT2D eigenvalue weighted by molar-refractivity contribution is 0.243. The van der Waals surface area contributed by atoms with Gasteiger partial charge in [0.05, 0.1) is 11.7 Å². The van der Waals surface area contributed by atoms with E-state index in [9.17, 15) is 0 Å². The van der Waals surface area contributed by atoms with Crippen LogP contribution in [0.4, 0.5) is 5.82 Å². The summed E-state index contributed by atoms with van der Waals surface area (Å²) in [5.74, 6) is 1.48. The van der Waals surface area contributed by atoms with Gasteiger partial charge in [-0.1, -0.05) is 13.8 Å². The number of anilines is 1. The molecule has 0 atom stereocenters. The summed E-state index contributed by atoms with van der Waals surface area (Å²) in [6.07, 6.45) is 3.69. The minimum absolute atomic E-state index is 0.0615. The Morgan fingerprint density at radius 1 is 1.35 bits per heavy atom. The summed E-state index contributed by atoms with van der Waals surface area (Å²) in [5.41, 5.74) is 7.09. The van der Waals surface area contributed by atoms with Crippen molar-refractivity contribution in [2.24, 2.45) is 11.7 Å². The molecule has 0 amide bonds. The number of nitrogens with zero attached hydrogens (tertiary/aromatic N) is 4. The number of nitrogens with two attached hydrogens (primary N) is 1. The topological polar surface area (TPSA) is 59.5 Å². The number of fused-ring (bicyclic) bond motifs is 1. The molecule has 1 fully saturated rings. The van der Waals surface area contributed by atoms with Gasteiger partial charge in [-0.15, -0.1) is 0 Å². The van der Waals surface area contributed by atoms with E-state index in [-0.39, 0.29) is 5.54 Å². The van der Waals surface area contributed by atoms with Gasteiger partial charge in [-0.25, -0.2) is 9.50 Å². The van der Waals surface area contributed by atoms with Gasteiger partial charge in [-0.2, -0.15) is 5.10 Å². The maximum atomic E-state index is 6.28. The third-order valence-electron chi connectivity index (χ3n) is 3.69. The molecule has 0 spiro atoms. The van der Waals surface area contributed by atoms with Gasteiger partial charge < -0.3 is 10.6 Å². The molecule has 5 heteroatoms.